The maximum atomic E-state index is 13.4. The lowest BCUT2D eigenvalue weighted by molar-refractivity contribution is 0.0686. The summed E-state index contributed by atoms with van der Waals surface area (Å²) in [4.78, 5) is 23.3. The molecule has 2 aromatic heterocycles. The molecule has 0 unspecified atom stereocenters. The summed E-state index contributed by atoms with van der Waals surface area (Å²) in [6, 6.07) is 22.4. The number of benzene rings is 2. The van der Waals surface area contributed by atoms with Crippen molar-refractivity contribution in [1.29, 1.82) is 0 Å². The van der Waals surface area contributed by atoms with Crippen LogP contribution in [0.5, 0.6) is 0 Å². The second-order valence-corrected chi connectivity index (χ2v) is 7.52. The molecule has 1 aliphatic rings. The number of rotatable bonds is 3. The second-order valence-electron chi connectivity index (χ2n) is 7.52. The van der Waals surface area contributed by atoms with Crippen molar-refractivity contribution in [3.05, 3.63) is 101 Å². The maximum absolute atomic E-state index is 13.4. The Kier molecular flexibility index (Phi) is 4.39. The van der Waals surface area contributed by atoms with Crippen LogP contribution in [0.1, 0.15) is 45.8 Å². The Morgan fingerprint density at radius 2 is 1.86 bits per heavy atom. The number of fused-ring (bicyclic) bond motifs is 3. The highest BCUT2D eigenvalue weighted by Crippen LogP contribution is 2.39. The van der Waals surface area contributed by atoms with E-state index in [4.69, 9.17) is 0 Å². The van der Waals surface area contributed by atoms with Crippen molar-refractivity contribution in [2.45, 2.75) is 25.8 Å². The highest BCUT2D eigenvalue weighted by molar-refractivity contribution is 5.94. The van der Waals surface area contributed by atoms with Gasteiger partial charge in [-0.25, -0.2) is 0 Å². The zero-order chi connectivity index (χ0) is 19.8. The standard InChI is InChI=1S/C25H23N3O/c1-2-17-10-12-18(13-11-17)24-23-20(19-7-3-4-8-21(19)27-23)14-16-28(24)25(29)22-9-5-6-15-26-22/h3-13,15,24,27H,2,14,16H2,1H3/t24-/m0/s1. The summed E-state index contributed by atoms with van der Waals surface area (Å²) in [6.07, 6.45) is 3.51. The van der Waals surface area contributed by atoms with Crippen LogP contribution in [0, 0.1) is 0 Å². The van der Waals surface area contributed by atoms with E-state index in [1.165, 1.54) is 16.5 Å². The van der Waals surface area contributed by atoms with Crippen molar-refractivity contribution in [1.82, 2.24) is 14.9 Å². The number of aromatic nitrogens is 2. The number of H-pyrrole nitrogens is 1. The van der Waals surface area contributed by atoms with Crippen molar-refractivity contribution in [2.75, 3.05) is 6.54 Å². The monoisotopic (exact) mass is 381 g/mol. The van der Waals surface area contributed by atoms with Gasteiger partial charge in [0.05, 0.1) is 6.04 Å². The van der Waals surface area contributed by atoms with Gasteiger partial charge >= 0.3 is 0 Å². The van der Waals surface area contributed by atoms with Crippen LogP contribution in [0.2, 0.25) is 0 Å². The van der Waals surface area contributed by atoms with Gasteiger partial charge in [-0.3, -0.25) is 9.78 Å². The third-order valence-corrected chi connectivity index (χ3v) is 5.88. The van der Waals surface area contributed by atoms with E-state index in [0.29, 0.717) is 12.2 Å². The molecule has 4 aromatic rings. The number of carbonyl (C=O) groups is 1. The quantitative estimate of drug-likeness (QED) is 0.548. The lowest BCUT2D eigenvalue weighted by Crippen LogP contribution is -2.41. The molecule has 4 heteroatoms. The molecule has 0 saturated carbocycles. The minimum absolute atomic E-state index is 0.0283. The fourth-order valence-corrected chi connectivity index (χ4v) is 4.38. The first kappa shape index (κ1) is 17.7. The van der Waals surface area contributed by atoms with Gasteiger partial charge in [0.1, 0.15) is 5.69 Å². The number of amides is 1. The molecular weight excluding hydrogens is 358 g/mol. The van der Waals surface area contributed by atoms with Crippen LogP contribution < -0.4 is 0 Å². The summed E-state index contributed by atoms with van der Waals surface area (Å²) in [5.74, 6) is -0.0283. The molecule has 0 aliphatic carbocycles. The number of nitrogens with zero attached hydrogens (tertiary/aromatic N) is 2. The summed E-state index contributed by atoms with van der Waals surface area (Å²) in [5, 5.41) is 1.25. The van der Waals surface area contributed by atoms with E-state index >= 15 is 0 Å². The second kappa shape index (κ2) is 7.21. The van der Waals surface area contributed by atoms with Gasteiger partial charge in [0, 0.05) is 29.3 Å². The first-order valence-corrected chi connectivity index (χ1v) is 10.2. The van der Waals surface area contributed by atoms with E-state index in [-0.39, 0.29) is 11.9 Å². The number of aromatic amines is 1. The van der Waals surface area contributed by atoms with Gasteiger partial charge in [-0.15, -0.1) is 0 Å². The van der Waals surface area contributed by atoms with Gasteiger partial charge < -0.3 is 9.88 Å². The largest absolute Gasteiger partial charge is 0.356 e. The average Bonchev–Trinajstić information content (AvgIpc) is 3.17. The van der Waals surface area contributed by atoms with Crippen molar-refractivity contribution in [3.8, 4) is 0 Å². The Balaban J connectivity index is 1.65. The van der Waals surface area contributed by atoms with Crippen LogP contribution in [-0.2, 0) is 12.8 Å². The molecule has 1 aliphatic heterocycles. The van der Waals surface area contributed by atoms with E-state index in [1.54, 1.807) is 12.3 Å². The molecule has 1 atom stereocenters. The lowest BCUT2D eigenvalue weighted by atomic mass is 9.91. The lowest BCUT2D eigenvalue weighted by Gasteiger charge is -2.36. The molecule has 1 N–H and O–H groups in total. The molecule has 1 amide bonds. The van der Waals surface area contributed by atoms with E-state index < -0.39 is 0 Å². The van der Waals surface area contributed by atoms with E-state index in [9.17, 15) is 4.79 Å². The summed E-state index contributed by atoms with van der Waals surface area (Å²) in [5.41, 5.74) is 6.46. The third kappa shape index (κ3) is 3.01. The van der Waals surface area contributed by atoms with Crippen LogP contribution in [0.15, 0.2) is 72.9 Å². The van der Waals surface area contributed by atoms with Gasteiger partial charge in [0.25, 0.3) is 5.91 Å². The van der Waals surface area contributed by atoms with Gasteiger partial charge in [0.2, 0.25) is 0 Å². The molecule has 0 bridgehead atoms. The van der Waals surface area contributed by atoms with E-state index in [2.05, 4.69) is 59.4 Å². The van der Waals surface area contributed by atoms with Gasteiger partial charge in [0.15, 0.2) is 0 Å². The average molecular weight is 381 g/mol. The van der Waals surface area contributed by atoms with Gasteiger partial charge in [-0.1, -0.05) is 55.5 Å². The molecule has 0 fully saturated rings. The molecule has 3 heterocycles. The van der Waals surface area contributed by atoms with E-state index in [0.717, 1.165) is 29.6 Å². The number of nitrogens with one attached hydrogen (secondary N) is 1. The number of pyridine rings is 1. The fraction of sp³-hybridized carbons (Fsp3) is 0.200. The summed E-state index contributed by atoms with van der Waals surface area (Å²) >= 11 is 0. The van der Waals surface area contributed by atoms with Gasteiger partial charge in [-0.05, 0) is 47.7 Å². The summed E-state index contributed by atoms with van der Waals surface area (Å²) < 4.78 is 0. The number of para-hydroxylation sites is 1. The van der Waals surface area contributed by atoms with Crippen molar-refractivity contribution in [2.24, 2.45) is 0 Å². The number of aryl methyl sites for hydroxylation is 1. The van der Waals surface area contributed by atoms with Crippen LogP contribution in [0.3, 0.4) is 0 Å². The number of hydrogen-bond acceptors (Lipinski definition) is 2. The Bertz CT molecular complexity index is 1160. The Labute approximate surface area is 170 Å². The Morgan fingerprint density at radius 3 is 2.62 bits per heavy atom. The zero-order valence-corrected chi connectivity index (χ0v) is 16.4. The minimum Gasteiger partial charge on any atom is -0.356 e. The SMILES string of the molecule is CCc1ccc([C@H]2c3[nH]c4ccccc4c3CCN2C(=O)c2ccccn2)cc1. The molecule has 144 valence electrons. The molecule has 29 heavy (non-hydrogen) atoms. The third-order valence-electron chi connectivity index (χ3n) is 5.88. The fourth-order valence-electron chi connectivity index (χ4n) is 4.38. The number of hydrogen-bond donors (Lipinski definition) is 1. The first-order chi connectivity index (χ1) is 14.3. The first-order valence-electron chi connectivity index (χ1n) is 10.2. The van der Waals surface area contributed by atoms with Crippen molar-refractivity contribution >= 4 is 16.8 Å². The maximum Gasteiger partial charge on any atom is 0.273 e. The molecule has 0 spiro atoms. The summed E-state index contributed by atoms with van der Waals surface area (Å²) in [6.45, 7) is 2.83. The molecular formula is C25H23N3O. The summed E-state index contributed by atoms with van der Waals surface area (Å²) in [7, 11) is 0. The highest BCUT2D eigenvalue weighted by atomic mass is 16.2. The van der Waals surface area contributed by atoms with Crippen LogP contribution in [-0.4, -0.2) is 27.3 Å². The molecule has 4 nitrogen and oxygen atoms in total. The van der Waals surface area contributed by atoms with Crippen molar-refractivity contribution < 1.29 is 4.79 Å². The van der Waals surface area contributed by atoms with Crippen LogP contribution in [0.4, 0.5) is 0 Å². The molecule has 2 aromatic carbocycles. The van der Waals surface area contributed by atoms with Crippen molar-refractivity contribution in [3.63, 3.8) is 0 Å². The normalized spacial score (nSPS) is 16.0. The van der Waals surface area contributed by atoms with Gasteiger partial charge in [-0.2, -0.15) is 0 Å². The predicted octanol–water partition coefficient (Wildman–Crippen LogP) is 4.91. The predicted molar refractivity (Wildman–Crippen MR) is 115 cm³/mol. The molecule has 5 rings (SSSR count). The van der Waals surface area contributed by atoms with Crippen LogP contribution in [0.25, 0.3) is 10.9 Å². The molecule has 0 saturated heterocycles. The Hall–Kier alpha value is -3.40. The Morgan fingerprint density at radius 1 is 1.07 bits per heavy atom. The van der Waals surface area contributed by atoms with Crippen LogP contribution >= 0.6 is 0 Å². The topological polar surface area (TPSA) is 49.0 Å². The minimum atomic E-state index is -0.147. The smallest absolute Gasteiger partial charge is 0.273 e. The van der Waals surface area contributed by atoms with E-state index in [1.807, 2.05) is 23.1 Å². The molecule has 0 radical (unpaired) electrons. The zero-order valence-electron chi connectivity index (χ0n) is 16.4. The highest BCUT2D eigenvalue weighted by Gasteiger charge is 2.35. The number of carbonyl (C=O) groups excluding carboxylic acids is 1.